The molecule has 0 fully saturated rings. The lowest BCUT2D eigenvalue weighted by Gasteiger charge is -2.10. The Morgan fingerprint density at radius 2 is 2.00 bits per heavy atom. The van der Waals surface area contributed by atoms with Crippen LogP contribution in [0.4, 0.5) is 4.39 Å². The molecule has 0 saturated carbocycles. The van der Waals surface area contributed by atoms with Crippen molar-refractivity contribution >= 4 is 5.84 Å². The summed E-state index contributed by atoms with van der Waals surface area (Å²) in [5.74, 6) is 0.326. The van der Waals surface area contributed by atoms with Gasteiger partial charge in [0.15, 0.2) is 0 Å². The third-order valence-corrected chi connectivity index (χ3v) is 2.45. The smallest absolute Gasteiger partial charge is 0.138 e. The Morgan fingerprint density at radius 3 is 2.67 bits per heavy atom. The third kappa shape index (κ3) is 2.66. The number of nitrogens with one attached hydrogen (secondary N) is 1. The minimum Gasteiger partial charge on any atom is -0.457 e. The van der Waals surface area contributed by atoms with Crippen LogP contribution in [0.5, 0.6) is 11.5 Å². The molecule has 0 amide bonds. The fourth-order valence-electron chi connectivity index (χ4n) is 1.61. The first kappa shape index (κ1) is 12.1. The Hall–Kier alpha value is -2.36. The van der Waals surface area contributed by atoms with Crippen molar-refractivity contribution in [3.05, 3.63) is 59.4 Å². The predicted molar refractivity (Wildman–Crippen MR) is 68.7 cm³/mol. The maximum atomic E-state index is 13.1. The van der Waals surface area contributed by atoms with E-state index >= 15 is 0 Å². The van der Waals surface area contributed by atoms with Gasteiger partial charge >= 0.3 is 0 Å². The molecule has 0 aliphatic heterocycles. The summed E-state index contributed by atoms with van der Waals surface area (Å²) in [6.07, 6.45) is 0. The van der Waals surface area contributed by atoms with E-state index in [2.05, 4.69) is 0 Å². The molecule has 0 aliphatic rings. The standard InChI is InChI=1S/C14H13FN2O/c1-9-3-2-4-11(7-9)18-13-6-5-10(15)8-12(13)14(16)17/h2-8H,1H3,(H3,16,17). The van der Waals surface area contributed by atoms with E-state index in [1.807, 2.05) is 25.1 Å². The van der Waals surface area contributed by atoms with Gasteiger partial charge < -0.3 is 10.5 Å². The van der Waals surface area contributed by atoms with Crippen molar-refractivity contribution in [1.82, 2.24) is 0 Å². The summed E-state index contributed by atoms with van der Waals surface area (Å²) >= 11 is 0. The molecular weight excluding hydrogens is 231 g/mol. The molecule has 0 bridgehead atoms. The molecule has 3 N–H and O–H groups in total. The fourth-order valence-corrected chi connectivity index (χ4v) is 1.61. The molecule has 0 unspecified atom stereocenters. The average Bonchev–Trinajstić information content (AvgIpc) is 2.31. The molecule has 0 radical (unpaired) electrons. The summed E-state index contributed by atoms with van der Waals surface area (Å²) in [5, 5.41) is 7.41. The number of hydrogen-bond acceptors (Lipinski definition) is 2. The highest BCUT2D eigenvalue weighted by atomic mass is 19.1. The van der Waals surface area contributed by atoms with E-state index in [0.29, 0.717) is 11.5 Å². The van der Waals surface area contributed by atoms with Gasteiger partial charge in [0.05, 0.1) is 5.56 Å². The number of benzene rings is 2. The quantitative estimate of drug-likeness (QED) is 0.643. The van der Waals surface area contributed by atoms with Crippen molar-refractivity contribution in [3.63, 3.8) is 0 Å². The summed E-state index contributed by atoms with van der Waals surface area (Å²) in [6.45, 7) is 1.95. The van der Waals surface area contributed by atoms with Crippen LogP contribution in [0.3, 0.4) is 0 Å². The van der Waals surface area contributed by atoms with Crippen molar-refractivity contribution in [2.45, 2.75) is 6.92 Å². The number of ether oxygens (including phenoxy) is 1. The molecule has 0 spiro atoms. The van der Waals surface area contributed by atoms with Crippen LogP contribution in [-0.4, -0.2) is 5.84 Å². The maximum absolute atomic E-state index is 13.1. The monoisotopic (exact) mass is 244 g/mol. The van der Waals surface area contributed by atoms with Gasteiger partial charge in [-0.05, 0) is 42.8 Å². The topological polar surface area (TPSA) is 59.1 Å². The maximum Gasteiger partial charge on any atom is 0.138 e. The summed E-state index contributed by atoms with van der Waals surface area (Å²) in [7, 11) is 0. The van der Waals surface area contributed by atoms with Gasteiger partial charge in [0.25, 0.3) is 0 Å². The summed E-state index contributed by atoms with van der Waals surface area (Å²) in [5.41, 5.74) is 6.71. The molecule has 0 aromatic heterocycles. The Bertz CT molecular complexity index is 596. The summed E-state index contributed by atoms with van der Waals surface area (Å²) in [4.78, 5) is 0. The lowest BCUT2D eigenvalue weighted by molar-refractivity contribution is 0.479. The largest absolute Gasteiger partial charge is 0.457 e. The average molecular weight is 244 g/mol. The second-order valence-corrected chi connectivity index (χ2v) is 3.97. The van der Waals surface area contributed by atoms with E-state index in [0.717, 1.165) is 5.56 Å². The van der Waals surface area contributed by atoms with Crippen molar-refractivity contribution < 1.29 is 9.13 Å². The van der Waals surface area contributed by atoms with E-state index in [-0.39, 0.29) is 11.4 Å². The summed E-state index contributed by atoms with van der Waals surface area (Å²) in [6, 6.07) is 11.4. The second kappa shape index (κ2) is 4.87. The van der Waals surface area contributed by atoms with Gasteiger partial charge in [-0.1, -0.05) is 12.1 Å². The third-order valence-electron chi connectivity index (χ3n) is 2.45. The van der Waals surface area contributed by atoms with Crippen LogP contribution in [0, 0.1) is 18.2 Å². The van der Waals surface area contributed by atoms with Crippen molar-refractivity contribution in [2.24, 2.45) is 5.73 Å². The van der Waals surface area contributed by atoms with Crippen molar-refractivity contribution in [2.75, 3.05) is 0 Å². The van der Waals surface area contributed by atoms with E-state index in [9.17, 15) is 4.39 Å². The van der Waals surface area contributed by atoms with Crippen LogP contribution in [0.15, 0.2) is 42.5 Å². The molecule has 0 saturated heterocycles. The van der Waals surface area contributed by atoms with Crippen LogP contribution >= 0.6 is 0 Å². The Kier molecular flexibility index (Phi) is 3.28. The Morgan fingerprint density at radius 1 is 1.22 bits per heavy atom. The zero-order chi connectivity index (χ0) is 13.1. The molecule has 2 aromatic carbocycles. The molecule has 92 valence electrons. The highest BCUT2D eigenvalue weighted by Crippen LogP contribution is 2.26. The molecular formula is C14H13FN2O. The van der Waals surface area contributed by atoms with Crippen LogP contribution in [0.25, 0.3) is 0 Å². The van der Waals surface area contributed by atoms with E-state index in [1.165, 1.54) is 18.2 Å². The van der Waals surface area contributed by atoms with E-state index < -0.39 is 5.82 Å². The first-order chi connectivity index (χ1) is 8.56. The molecule has 2 aromatic rings. The van der Waals surface area contributed by atoms with Gasteiger partial charge in [-0.3, -0.25) is 5.41 Å². The molecule has 0 atom stereocenters. The fraction of sp³-hybridized carbons (Fsp3) is 0.0714. The lowest BCUT2D eigenvalue weighted by atomic mass is 10.1. The lowest BCUT2D eigenvalue weighted by Crippen LogP contribution is -2.12. The number of hydrogen-bond donors (Lipinski definition) is 2. The number of nitrogen functional groups attached to an aromatic ring is 1. The number of nitrogens with two attached hydrogens (primary N) is 1. The first-order valence-corrected chi connectivity index (χ1v) is 5.45. The molecule has 0 heterocycles. The van der Waals surface area contributed by atoms with Crippen molar-refractivity contribution in [1.29, 1.82) is 5.41 Å². The zero-order valence-corrected chi connectivity index (χ0v) is 9.91. The van der Waals surface area contributed by atoms with Gasteiger partial charge in [0.2, 0.25) is 0 Å². The first-order valence-electron chi connectivity index (χ1n) is 5.45. The van der Waals surface area contributed by atoms with E-state index in [1.54, 1.807) is 6.07 Å². The highest BCUT2D eigenvalue weighted by molar-refractivity contribution is 5.97. The molecule has 2 rings (SSSR count). The second-order valence-electron chi connectivity index (χ2n) is 3.97. The van der Waals surface area contributed by atoms with Gasteiger partial charge in [-0.25, -0.2) is 4.39 Å². The van der Waals surface area contributed by atoms with Gasteiger partial charge in [0.1, 0.15) is 23.2 Å². The molecule has 4 heteroatoms. The minimum absolute atomic E-state index is 0.225. The number of amidine groups is 1. The highest BCUT2D eigenvalue weighted by Gasteiger charge is 2.09. The number of aryl methyl sites for hydroxylation is 1. The minimum atomic E-state index is -0.447. The molecule has 18 heavy (non-hydrogen) atoms. The van der Waals surface area contributed by atoms with Crippen LogP contribution in [-0.2, 0) is 0 Å². The van der Waals surface area contributed by atoms with Gasteiger partial charge in [0, 0.05) is 0 Å². The van der Waals surface area contributed by atoms with Gasteiger partial charge in [-0.2, -0.15) is 0 Å². The molecule has 0 aliphatic carbocycles. The summed E-state index contributed by atoms with van der Waals surface area (Å²) < 4.78 is 18.7. The predicted octanol–water partition coefficient (Wildman–Crippen LogP) is 3.21. The number of halogens is 1. The van der Waals surface area contributed by atoms with Crippen LogP contribution in [0.2, 0.25) is 0 Å². The van der Waals surface area contributed by atoms with E-state index in [4.69, 9.17) is 15.9 Å². The Labute approximate surface area is 105 Å². The zero-order valence-electron chi connectivity index (χ0n) is 9.91. The van der Waals surface area contributed by atoms with Crippen LogP contribution < -0.4 is 10.5 Å². The Balaban J connectivity index is 2.37. The van der Waals surface area contributed by atoms with Gasteiger partial charge in [-0.15, -0.1) is 0 Å². The SMILES string of the molecule is Cc1cccc(Oc2ccc(F)cc2C(=N)N)c1. The molecule has 3 nitrogen and oxygen atoms in total. The van der Waals surface area contributed by atoms with Crippen LogP contribution in [0.1, 0.15) is 11.1 Å². The van der Waals surface area contributed by atoms with Crippen molar-refractivity contribution in [3.8, 4) is 11.5 Å². The normalized spacial score (nSPS) is 10.1. The number of rotatable bonds is 3.